The molecule has 27 heavy (non-hydrogen) atoms. The van der Waals surface area contributed by atoms with Crippen LogP contribution in [0, 0.1) is 5.92 Å². The lowest BCUT2D eigenvalue weighted by Gasteiger charge is -2.32. The van der Waals surface area contributed by atoms with Gasteiger partial charge in [0.15, 0.2) is 0 Å². The van der Waals surface area contributed by atoms with E-state index in [1.54, 1.807) is 0 Å². The minimum Gasteiger partial charge on any atom is -0.352 e. The summed E-state index contributed by atoms with van der Waals surface area (Å²) in [6.45, 7) is 6.53. The van der Waals surface area contributed by atoms with Crippen LogP contribution in [-0.4, -0.2) is 53.4 Å². The van der Waals surface area contributed by atoms with E-state index in [0.717, 1.165) is 32.5 Å². The van der Waals surface area contributed by atoms with Crippen LogP contribution >= 0.6 is 24.8 Å². The first-order chi connectivity index (χ1) is 12.0. The quantitative estimate of drug-likeness (QED) is 0.614. The van der Waals surface area contributed by atoms with E-state index in [1.165, 1.54) is 5.56 Å². The van der Waals surface area contributed by atoms with E-state index in [9.17, 15) is 9.59 Å². The Morgan fingerprint density at radius 3 is 2.37 bits per heavy atom. The third kappa shape index (κ3) is 8.88. The smallest absolute Gasteiger partial charge is 0.239 e. The van der Waals surface area contributed by atoms with Crippen molar-refractivity contribution >= 4 is 36.6 Å². The molecule has 2 amide bonds. The predicted molar refractivity (Wildman–Crippen MR) is 111 cm³/mol. The minimum absolute atomic E-state index is 0. The standard InChI is InChI=1S/C18H29N5O2.2ClH/c1-13(2)17(19)18(25)21-11-16(24)22-15-5-9-23(10-6-15)12-14-3-7-20-8-4-14;;/h3-4,7-8,13,15,17H,5-6,9-12,19H2,1-2H3,(H,21,25)(H,22,24);2*1H/t17-;;/m0../s1. The average molecular weight is 420 g/mol. The van der Waals surface area contributed by atoms with Crippen molar-refractivity contribution < 1.29 is 9.59 Å². The van der Waals surface area contributed by atoms with Crippen molar-refractivity contribution in [1.82, 2.24) is 20.5 Å². The van der Waals surface area contributed by atoms with E-state index in [4.69, 9.17) is 5.73 Å². The molecule has 1 aromatic rings. The first-order valence-corrected chi connectivity index (χ1v) is 8.89. The summed E-state index contributed by atoms with van der Waals surface area (Å²) in [5, 5.41) is 5.60. The Labute approximate surface area is 173 Å². The summed E-state index contributed by atoms with van der Waals surface area (Å²) in [4.78, 5) is 30.2. The Kier molecular flexibility index (Phi) is 12.2. The number of hydrogen-bond acceptors (Lipinski definition) is 5. The van der Waals surface area contributed by atoms with Gasteiger partial charge in [0.25, 0.3) is 0 Å². The lowest BCUT2D eigenvalue weighted by atomic mass is 10.0. The maximum absolute atomic E-state index is 12.0. The van der Waals surface area contributed by atoms with E-state index in [2.05, 4.69) is 20.5 Å². The first kappa shape index (κ1) is 25.6. The zero-order valence-electron chi connectivity index (χ0n) is 15.9. The molecule has 0 aromatic carbocycles. The average Bonchev–Trinajstić information content (AvgIpc) is 2.61. The van der Waals surface area contributed by atoms with Crippen LogP contribution in [0.4, 0.5) is 0 Å². The molecule has 1 aliphatic rings. The number of carbonyl (C=O) groups is 2. The second-order valence-electron chi connectivity index (χ2n) is 6.96. The molecule has 0 saturated carbocycles. The number of nitrogens with two attached hydrogens (primary N) is 1. The molecule has 154 valence electrons. The van der Waals surface area contributed by atoms with Crippen molar-refractivity contribution in [2.75, 3.05) is 19.6 Å². The van der Waals surface area contributed by atoms with Gasteiger partial charge in [-0.3, -0.25) is 19.5 Å². The molecule has 0 unspecified atom stereocenters. The van der Waals surface area contributed by atoms with Crippen molar-refractivity contribution in [1.29, 1.82) is 0 Å². The summed E-state index contributed by atoms with van der Waals surface area (Å²) in [5.74, 6) is -0.387. The number of carbonyl (C=O) groups excluding carboxylic acids is 2. The molecule has 9 heteroatoms. The highest BCUT2D eigenvalue weighted by molar-refractivity contribution is 5.87. The molecule has 2 rings (SSSR count). The van der Waals surface area contributed by atoms with Crippen LogP contribution in [0.15, 0.2) is 24.5 Å². The highest BCUT2D eigenvalue weighted by Crippen LogP contribution is 2.13. The van der Waals surface area contributed by atoms with Crippen LogP contribution in [0.5, 0.6) is 0 Å². The molecular formula is C18H31Cl2N5O2. The largest absolute Gasteiger partial charge is 0.352 e. The van der Waals surface area contributed by atoms with Gasteiger partial charge in [0, 0.05) is 38.1 Å². The third-order valence-corrected chi connectivity index (χ3v) is 4.55. The zero-order chi connectivity index (χ0) is 18.2. The number of piperidine rings is 1. The number of pyridine rings is 1. The van der Waals surface area contributed by atoms with Crippen molar-refractivity contribution in [2.24, 2.45) is 11.7 Å². The molecule has 1 saturated heterocycles. The van der Waals surface area contributed by atoms with Crippen LogP contribution in [0.2, 0.25) is 0 Å². The molecule has 0 spiro atoms. The van der Waals surface area contributed by atoms with Crippen molar-refractivity contribution in [2.45, 2.75) is 45.3 Å². The Hall–Kier alpha value is -1.41. The monoisotopic (exact) mass is 419 g/mol. The van der Waals surface area contributed by atoms with E-state index in [1.807, 2.05) is 38.4 Å². The number of nitrogens with one attached hydrogen (secondary N) is 2. The van der Waals surface area contributed by atoms with E-state index < -0.39 is 6.04 Å². The molecular weight excluding hydrogens is 389 g/mol. The minimum atomic E-state index is -0.579. The van der Waals surface area contributed by atoms with Gasteiger partial charge in [0.2, 0.25) is 11.8 Å². The topological polar surface area (TPSA) is 100 Å². The van der Waals surface area contributed by atoms with E-state index >= 15 is 0 Å². The second-order valence-corrected chi connectivity index (χ2v) is 6.96. The molecule has 1 aromatic heterocycles. The normalized spacial score (nSPS) is 16.0. The third-order valence-electron chi connectivity index (χ3n) is 4.55. The molecule has 0 radical (unpaired) electrons. The first-order valence-electron chi connectivity index (χ1n) is 8.89. The van der Waals surface area contributed by atoms with Crippen molar-refractivity contribution in [3.05, 3.63) is 30.1 Å². The fourth-order valence-corrected chi connectivity index (χ4v) is 2.85. The molecule has 1 aliphatic heterocycles. The fraction of sp³-hybridized carbons (Fsp3) is 0.611. The Bertz CT molecular complexity index is 566. The number of nitrogens with zero attached hydrogens (tertiary/aromatic N) is 2. The number of likely N-dealkylation sites (tertiary alicyclic amines) is 1. The summed E-state index contributed by atoms with van der Waals surface area (Å²) < 4.78 is 0. The van der Waals surface area contributed by atoms with Gasteiger partial charge >= 0.3 is 0 Å². The summed E-state index contributed by atoms with van der Waals surface area (Å²) in [6.07, 6.45) is 5.44. The number of halogens is 2. The summed E-state index contributed by atoms with van der Waals surface area (Å²) >= 11 is 0. The van der Waals surface area contributed by atoms with Gasteiger partial charge in [0.1, 0.15) is 0 Å². The van der Waals surface area contributed by atoms with Crippen LogP contribution in [-0.2, 0) is 16.1 Å². The van der Waals surface area contributed by atoms with Crippen LogP contribution in [0.25, 0.3) is 0 Å². The lowest BCUT2D eigenvalue weighted by molar-refractivity contribution is -0.127. The Morgan fingerprint density at radius 1 is 1.22 bits per heavy atom. The van der Waals surface area contributed by atoms with Gasteiger partial charge in [-0.1, -0.05) is 13.8 Å². The molecule has 4 N–H and O–H groups in total. The van der Waals surface area contributed by atoms with Crippen LogP contribution < -0.4 is 16.4 Å². The predicted octanol–water partition coefficient (Wildman–Crippen LogP) is 1.11. The molecule has 0 aliphatic carbocycles. The number of rotatable bonds is 7. The number of hydrogen-bond donors (Lipinski definition) is 3. The summed E-state index contributed by atoms with van der Waals surface area (Å²) in [7, 11) is 0. The maximum Gasteiger partial charge on any atom is 0.239 e. The SMILES string of the molecule is CC(C)[C@H](N)C(=O)NCC(=O)NC1CCN(Cc2ccncc2)CC1.Cl.Cl. The molecule has 1 atom stereocenters. The molecule has 2 heterocycles. The molecule has 0 bridgehead atoms. The van der Waals surface area contributed by atoms with Gasteiger partial charge in [-0.05, 0) is 36.5 Å². The van der Waals surface area contributed by atoms with Crippen LogP contribution in [0.3, 0.4) is 0 Å². The summed E-state index contributed by atoms with van der Waals surface area (Å²) in [6, 6.07) is 3.64. The lowest BCUT2D eigenvalue weighted by Crippen LogP contribution is -2.50. The summed E-state index contributed by atoms with van der Waals surface area (Å²) in [5.41, 5.74) is 7.01. The highest BCUT2D eigenvalue weighted by atomic mass is 35.5. The van der Waals surface area contributed by atoms with E-state index in [-0.39, 0.29) is 55.1 Å². The fourth-order valence-electron chi connectivity index (χ4n) is 2.85. The maximum atomic E-state index is 12.0. The highest BCUT2D eigenvalue weighted by Gasteiger charge is 2.22. The Balaban J connectivity index is 0.00000338. The van der Waals surface area contributed by atoms with E-state index in [0.29, 0.717) is 0 Å². The molecule has 1 fully saturated rings. The van der Waals surface area contributed by atoms with Crippen molar-refractivity contribution in [3.8, 4) is 0 Å². The Morgan fingerprint density at radius 2 is 1.81 bits per heavy atom. The number of aromatic nitrogens is 1. The molecule has 7 nitrogen and oxygen atoms in total. The van der Waals surface area contributed by atoms with Gasteiger partial charge in [0.05, 0.1) is 12.6 Å². The van der Waals surface area contributed by atoms with Gasteiger partial charge in [-0.2, -0.15) is 0 Å². The second kappa shape index (κ2) is 12.9. The van der Waals surface area contributed by atoms with Gasteiger partial charge in [-0.25, -0.2) is 0 Å². The van der Waals surface area contributed by atoms with Gasteiger partial charge < -0.3 is 16.4 Å². The van der Waals surface area contributed by atoms with Crippen molar-refractivity contribution in [3.63, 3.8) is 0 Å². The van der Waals surface area contributed by atoms with Crippen LogP contribution in [0.1, 0.15) is 32.3 Å². The number of amides is 2. The van der Waals surface area contributed by atoms with Gasteiger partial charge in [-0.15, -0.1) is 24.8 Å². The zero-order valence-corrected chi connectivity index (χ0v) is 17.5.